The monoisotopic (exact) mass is 311 g/mol. The summed E-state index contributed by atoms with van der Waals surface area (Å²) in [6, 6.07) is 8.76. The van der Waals surface area contributed by atoms with Crippen molar-refractivity contribution in [1.82, 2.24) is 5.32 Å². The third-order valence-corrected chi connectivity index (χ3v) is 3.63. The fourth-order valence-corrected chi connectivity index (χ4v) is 2.45. The van der Waals surface area contributed by atoms with E-state index in [1.807, 2.05) is 16.8 Å². The van der Waals surface area contributed by atoms with E-state index in [2.05, 4.69) is 5.32 Å². The third-order valence-electron chi connectivity index (χ3n) is 2.62. The highest BCUT2D eigenvalue weighted by Gasteiger charge is 2.10. The maximum Gasteiger partial charge on any atom is 0.258 e. The minimum absolute atomic E-state index is 0.139. The lowest BCUT2D eigenvalue weighted by atomic mass is 10.2. The van der Waals surface area contributed by atoms with Crippen molar-refractivity contribution >= 4 is 28.8 Å². The smallest absolute Gasteiger partial charge is 0.258 e. The number of ether oxygens (including phenoxy) is 1. The highest BCUT2D eigenvalue weighted by atomic mass is 35.5. The molecule has 106 valence electrons. The minimum Gasteiger partial charge on any atom is -0.482 e. The maximum atomic E-state index is 11.6. The second-order valence-corrected chi connectivity index (χ2v) is 5.28. The highest BCUT2D eigenvalue weighted by Crippen LogP contribution is 2.22. The van der Waals surface area contributed by atoms with Crippen LogP contribution >= 0.6 is 22.9 Å². The fourth-order valence-electron chi connectivity index (χ4n) is 1.55. The maximum absolute atomic E-state index is 11.6. The van der Waals surface area contributed by atoms with E-state index in [0.29, 0.717) is 10.8 Å². The van der Waals surface area contributed by atoms with Crippen LogP contribution in [0.2, 0.25) is 5.02 Å². The molecule has 1 unspecified atom stereocenters. The molecule has 0 fully saturated rings. The molecule has 0 saturated carbocycles. The Hall–Kier alpha value is -1.56. The summed E-state index contributed by atoms with van der Waals surface area (Å²) in [6.07, 6.45) is -0.703. The first-order valence-electron chi connectivity index (χ1n) is 6.01. The van der Waals surface area contributed by atoms with Gasteiger partial charge in [-0.05, 0) is 34.5 Å². The molecule has 1 amide bonds. The fraction of sp³-hybridized carbons (Fsp3) is 0.214. The Morgan fingerprint density at radius 2 is 2.20 bits per heavy atom. The first-order valence-corrected chi connectivity index (χ1v) is 7.33. The predicted molar refractivity (Wildman–Crippen MR) is 79.2 cm³/mol. The first-order chi connectivity index (χ1) is 9.66. The van der Waals surface area contributed by atoms with Gasteiger partial charge in [0.1, 0.15) is 5.75 Å². The lowest BCUT2D eigenvalue weighted by Crippen LogP contribution is -2.32. The Morgan fingerprint density at radius 3 is 2.90 bits per heavy atom. The van der Waals surface area contributed by atoms with Crippen molar-refractivity contribution in [3.05, 3.63) is 51.7 Å². The molecule has 20 heavy (non-hydrogen) atoms. The van der Waals surface area contributed by atoms with Crippen molar-refractivity contribution in [2.75, 3.05) is 13.2 Å². The summed E-state index contributed by atoms with van der Waals surface area (Å²) >= 11 is 7.41. The molecule has 0 radical (unpaired) electrons. The number of aliphatic hydroxyl groups is 1. The Labute approximate surface area is 126 Å². The summed E-state index contributed by atoms with van der Waals surface area (Å²) in [7, 11) is 0. The van der Waals surface area contributed by atoms with Crippen molar-refractivity contribution in [3.8, 4) is 5.75 Å². The van der Waals surface area contributed by atoms with E-state index in [1.54, 1.807) is 24.3 Å². The molecular formula is C14H14ClNO3S. The van der Waals surface area contributed by atoms with Crippen molar-refractivity contribution in [1.29, 1.82) is 0 Å². The molecule has 0 aliphatic carbocycles. The molecule has 2 rings (SSSR count). The number of para-hydroxylation sites is 1. The molecule has 0 spiro atoms. The van der Waals surface area contributed by atoms with Crippen molar-refractivity contribution in [2.45, 2.75) is 6.10 Å². The largest absolute Gasteiger partial charge is 0.482 e. The molecule has 0 saturated heterocycles. The van der Waals surface area contributed by atoms with Crippen LogP contribution in [0.4, 0.5) is 0 Å². The number of nitrogens with one attached hydrogen (secondary N) is 1. The number of carbonyl (C=O) groups excluding carboxylic acids is 1. The second-order valence-electron chi connectivity index (χ2n) is 4.10. The van der Waals surface area contributed by atoms with E-state index in [1.165, 1.54) is 11.3 Å². The standard InChI is InChI=1S/C14H14ClNO3S/c15-11-3-1-2-4-13(11)19-8-14(18)16-7-12(17)10-5-6-20-9-10/h1-6,9,12,17H,7-8H2,(H,16,18). The summed E-state index contributed by atoms with van der Waals surface area (Å²) in [5.74, 6) is 0.155. The van der Waals surface area contributed by atoms with Gasteiger partial charge in [0.05, 0.1) is 11.1 Å². The molecular weight excluding hydrogens is 298 g/mol. The normalized spacial score (nSPS) is 11.9. The number of carbonyl (C=O) groups is 1. The van der Waals surface area contributed by atoms with Crippen LogP contribution in [0, 0.1) is 0 Å². The quantitative estimate of drug-likeness (QED) is 0.862. The lowest BCUT2D eigenvalue weighted by molar-refractivity contribution is -0.123. The van der Waals surface area contributed by atoms with Gasteiger partial charge < -0.3 is 15.2 Å². The molecule has 6 heteroatoms. The molecule has 2 aromatic rings. The number of rotatable bonds is 6. The van der Waals surface area contributed by atoms with Crippen LogP contribution in [0.1, 0.15) is 11.7 Å². The van der Waals surface area contributed by atoms with E-state index in [-0.39, 0.29) is 19.1 Å². The SMILES string of the molecule is O=C(COc1ccccc1Cl)NCC(O)c1ccsc1. The molecule has 1 atom stereocenters. The number of hydrogen-bond donors (Lipinski definition) is 2. The average Bonchev–Trinajstić information content (AvgIpc) is 2.98. The van der Waals surface area contributed by atoms with Gasteiger partial charge >= 0.3 is 0 Å². The number of hydrogen-bond acceptors (Lipinski definition) is 4. The zero-order valence-electron chi connectivity index (χ0n) is 10.6. The van der Waals surface area contributed by atoms with Crippen LogP contribution in [0.5, 0.6) is 5.75 Å². The van der Waals surface area contributed by atoms with Gasteiger partial charge in [0.15, 0.2) is 6.61 Å². The van der Waals surface area contributed by atoms with Gasteiger partial charge in [0, 0.05) is 6.54 Å². The van der Waals surface area contributed by atoms with E-state index >= 15 is 0 Å². The van der Waals surface area contributed by atoms with Gasteiger partial charge in [-0.15, -0.1) is 0 Å². The van der Waals surface area contributed by atoms with E-state index in [9.17, 15) is 9.90 Å². The van der Waals surface area contributed by atoms with Crippen LogP contribution < -0.4 is 10.1 Å². The summed E-state index contributed by atoms with van der Waals surface area (Å²) < 4.78 is 5.30. The molecule has 0 bridgehead atoms. The van der Waals surface area contributed by atoms with Gasteiger partial charge in [-0.2, -0.15) is 11.3 Å². The Balaban J connectivity index is 1.75. The topological polar surface area (TPSA) is 58.6 Å². The van der Waals surface area contributed by atoms with E-state index in [0.717, 1.165) is 5.56 Å². The average molecular weight is 312 g/mol. The summed E-state index contributed by atoms with van der Waals surface area (Å²) in [5.41, 5.74) is 0.794. The Morgan fingerprint density at radius 1 is 1.40 bits per heavy atom. The highest BCUT2D eigenvalue weighted by molar-refractivity contribution is 7.07. The van der Waals surface area contributed by atoms with E-state index in [4.69, 9.17) is 16.3 Å². The van der Waals surface area contributed by atoms with Crippen molar-refractivity contribution < 1.29 is 14.6 Å². The van der Waals surface area contributed by atoms with Gasteiger partial charge in [-0.25, -0.2) is 0 Å². The predicted octanol–water partition coefficient (Wildman–Crippen LogP) is 2.63. The van der Waals surface area contributed by atoms with E-state index < -0.39 is 6.10 Å². The number of benzene rings is 1. The third kappa shape index (κ3) is 4.23. The van der Waals surface area contributed by atoms with Crippen LogP contribution in [0.3, 0.4) is 0 Å². The number of aliphatic hydroxyl groups excluding tert-OH is 1. The van der Waals surface area contributed by atoms with Gasteiger partial charge in [-0.3, -0.25) is 4.79 Å². The molecule has 1 aromatic carbocycles. The second kappa shape index (κ2) is 7.28. The molecule has 2 N–H and O–H groups in total. The molecule has 1 heterocycles. The minimum atomic E-state index is -0.703. The zero-order valence-corrected chi connectivity index (χ0v) is 12.2. The summed E-state index contributed by atoms with van der Waals surface area (Å²) in [5, 5.41) is 16.6. The van der Waals surface area contributed by atoms with Crippen molar-refractivity contribution in [2.24, 2.45) is 0 Å². The van der Waals surface area contributed by atoms with Crippen LogP contribution in [0.15, 0.2) is 41.1 Å². The van der Waals surface area contributed by atoms with Gasteiger partial charge in [0.25, 0.3) is 5.91 Å². The first kappa shape index (κ1) is 14.8. The van der Waals surface area contributed by atoms with Crippen LogP contribution in [-0.2, 0) is 4.79 Å². The van der Waals surface area contributed by atoms with Gasteiger partial charge in [0.2, 0.25) is 0 Å². The molecule has 0 aliphatic rings. The van der Waals surface area contributed by atoms with Gasteiger partial charge in [-0.1, -0.05) is 23.7 Å². The van der Waals surface area contributed by atoms with Crippen LogP contribution in [0.25, 0.3) is 0 Å². The Bertz CT molecular complexity index is 559. The number of amides is 1. The summed E-state index contributed by atoms with van der Waals surface area (Å²) in [4.78, 5) is 11.6. The number of thiophene rings is 1. The molecule has 0 aliphatic heterocycles. The Kier molecular flexibility index (Phi) is 5.40. The zero-order chi connectivity index (χ0) is 14.4. The molecule has 1 aromatic heterocycles. The van der Waals surface area contributed by atoms with Crippen LogP contribution in [-0.4, -0.2) is 24.2 Å². The lowest BCUT2D eigenvalue weighted by Gasteiger charge is -2.11. The summed E-state index contributed by atoms with van der Waals surface area (Å²) in [6.45, 7) is 0.0154. The number of halogens is 1. The van der Waals surface area contributed by atoms with Crippen molar-refractivity contribution in [3.63, 3.8) is 0 Å². The molecule has 4 nitrogen and oxygen atoms in total.